The highest BCUT2D eigenvalue weighted by molar-refractivity contribution is 6.63. The van der Waals surface area contributed by atoms with Crippen LogP contribution in [0.15, 0.2) is 12.1 Å². The summed E-state index contributed by atoms with van der Waals surface area (Å²) in [6.45, 7) is 7.75. The zero-order chi connectivity index (χ0) is 14.4. The maximum absolute atomic E-state index is 13.6. The molecule has 0 amide bonds. The highest BCUT2D eigenvalue weighted by atomic mass is 35.5. The minimum Gasteiger partial charge on any atom is -0.497 e. The van der Waals surface area contributed by atoms with Crippen LogP contribution in [0.25, 0.3) is 0 Å². The summed E-state index contributed by atoms with van der Waals surface area (Å²) >= 11 is 5.75. The summed E-state index contributed by atoms with van der Waals surface area (Å²) in [7, 11) is 0.824. The van der Waals surface area contributed by atoms with E-state index < -0.39 is 24.1 Å². The van der Waals surface area contributed by atoms with E-state index in [2.05, 4.69) is 0 Å². The Balaban J connectivity index is 2.42. The Bertz CT molecular complexity index is 489. The van der Waals surface area contributed by atoms with E-state index in [9.17, 15) is 4.39 Å². The maximum Gasteiger partial charge on any atom is 0.498 e. The minimum atomic E-state index is -0.674. The molecule has 0 saturated carbocycles. The van der Waals surface area contributed by atoms with E-state index in [-0.39, 0.29) is 5.02 Å². The summed E-state index contributed by atoms with van der Waals surface area (Å²) in [5.41, 5.74) is -0.472. The number of rotatable bonds is 2. The molecule has 0 N–H and O–H groups in total. The lowest BCUT2D eigenvalue weighted by Crippen LogP contribution is -2.41. The lowest BCUT2D eigenvalue weighted by Gasteiger charge is -2.32. The second kappa shape index (κ2) is 4.65. The van der Waals surface area contributed by atoms with Gasteiger partial charge in [-0.15, -0.1) is 0 Å². The second-order valence-corrected chi connectivity index (χ2v) is 6.00. The first kappa shape index (κ1) is 14.6. The molecule has 0 bridgehead atoms. The average Bonchev–Trinajstić information content (AvgIpc) is 2.51. The van der Waals surface area contributed by atoms with E-state index in [1.54, 1.807) is 0 Å². The average molecular weight is 287 g/mol. The van der Waals surface area contributed by atoms with Gasteiger partial charge in [0, 0.05) is 11.5 Å². The molecule has 0 unspecified atom stereocenters. The molecule has 1 aliphatic heterocycles. The van der Waals surface area contributed by atoms with Crippen molar-refractivity contribution in [1.29, 1.82) is 0 Å². The van der Waals surface area contributed by atoms with Gasteiger partial charge in [0.15, 0.2) is 0 Å². The van der Waals surface area contributed by atoms with Crippen molar-refractivity contribution in [3.8, 4) is 5.75 Å². The SMILES string of the molecule is COc1cc(Cl)c(F)cc1B1OC(C)(C)C(C)(C)O1. The summed E-state index contributed by atoms with van der Waals surface area (Å²) in [4.78, 5) is 0. The standard InChI is InChI=1S/C13H17BClFO3/c1-12(2)13(3,4)19-14(18-12)8-6-10(16)9(15)7-11(8)17-5/h6-7H,1-5H3. The molecule has 1 heterocycles. The lowest BCUT2D eigenvalue weighted by atomic mass is 9.78. The third-order valence-corrected chi connectivity index (χ3v) is 4.07. The van der Waals surface area contributed by atoms with Crippen molar-refractivity contribution >= 4 is 24.2 Å². The van der Waals surface area contributed by atoms with E-state index >= 15 is 0 Å². The fraction of sp³-hybridized carbons (Fsp3) is 0.538. The van der Waals surface area contributed by atoms with Crippen molar-refractivity contribution in [3.05, 3.63) is 23.0 Å². The van der Waals surface area contributed by atoms with Gasteiger partial charge in [-0.1, -0.05) is 11.6 Å². The van der Waals surface area contributed by atoms with E-state index in [0.717, 1.165) is 0 Å². The fourth-order valence-corrected chi connectivity index (χ4v) is 2.03. The molecule has 6 heteroatoms. The molecule has 3 nitrogen and oxygen atoms in total. The largest absolute Gasteiger partial charge is 0.498 e. The van der Waals surface area contributed by atoms with Crippen LogP contribution in [0.5, 0.6) is 5.75 Å². The number of ether oxygens (including phenoxy) is 1. The van der Waals surface area contributed by atoms with E-state index in [1.807, 2.05) is 27.7 Å². The number of hydrogen-bond acceptors (Lipinski definition) is 3. The van der Waals surface area contributed by atoms with Gasteiger partial charge in [0.25, 0.3) is 0 Å². The van der Waals surface area contributed by atoms with Gasteiger partial charge in [0.1, 0.15) is 11.6 Å². The topological polar surface area (TPSA) is 27.7 Å². The van der Waals surface area contributed by atoms with Crippen molar-refractivity contribution in [2.24, 2.45) is 0 Å². The van der Waals surface area contributed by atoms with Gasteiger partial charge in [-0.05, 0) is 33.8 Å². The molecule has 0 radical (unpaired) electrons. The predicted molar refractivity (Wildman–Crippen MR) is 73.7 cm³/mol. The highest BCUT2D eigenvalue weighted by Crippen LogP contribution is 2.37. The maximum atomic E-state index is 13.6. The van der Waals surface area contributed by atoms with Gasteiger partial charge in [-0.3, -0.25) is 0 Å². The van der Waals surface area contributed by atoms with E-state index in [0.29, 0.717) is 11.2 Å². The molecule has 0 spiro atoms. The van der Waals surface area contributed by atoms with Gasteiger partial charge >= 0.3 is 7.12 Å². The molecule has 1 aliphatic rings. The number of methoxy groups -OCH3 is 1. The van der Waals surface area contributed by atoms with E-state index in [1.165, 1.54) is 19.2 Å². The van der Waals surface area contributed by atoms with Crippen LogP contribution >= 0.6 is 11.6 Å². The Labute approximate surface area is 118 Å². The Morgan fingerprint density at radius 2 is 1.68 bits per heavy atom. The van der Waals surface area contributed by atoms with Crippen LogP contribution < -0.4 is 10.2 Å². The van der Waals surface area contributed by atoms with Crippen molar-refractivity contribution in [2.75, 3.05) is 7.11 Å². The number of halogens is 2. The molecule has 0 aliphatic carbocycles. The monoisotopic (exact) mass is 286 g/mol. The van der Waals surface area contributed by atoms with Crippen LogP contribution in [0, 0.1) is 5.82 Å². The van der Waals surface area contributed by atoms with Crippen molar-refractivity contribution < 1.29 is 18.4 Å². The molecule has 0 aromatic heterocycles. The third kappa shape index (κ3) is 2.47. The van der Waals surface area contributed by atoms with Crippen molar-refractivity contribution in [1.82, 2.24) is 0 Å². The molecule has 19 heavy (non-hydrogen) atoms. The molecule has 1 aromatic carbocycles. The third-order valence-electron chi connectivity index (χ3n) is 3.78. The smallest absolute Gasteiger partial charge is 0.497 e. The molecular weight excluding hydrogens is 269 g/mol. The summed E-state index contributed by atoms with van der Waals surface area (Å²) in [6, 6.07) is 2.72. The van der Waals surface area contributed by atoms with Gasteiger partial charge in [0.2, 0.25) is 0 Å². The van der Waals surface area contributed by atoms with Crippen molar-refractivity contribution in [3.63, 3.8) is 0 Å². The van der Waals surface area contributed by atoms with E-state index in [4.69, 9.17) is 25.6 Å². The Morgan fingerprint density at radius 1 is 1.16 bits per heavy atom. The Kier molecular flexibility index (Phi) is 3.58. The van der Waals surface area contributed by atoms with Crippen LogP contribution in [-0.2, 0) is 9.31 Å². The summed E-state index contributed by atoms with van der Waals surface area (Å²) in [5, 5.41) is 0.0112. The van der Waals surface area contributed by atoms with Gasteiger partial charge in [0.05, 0.1) is 23.3 Å². The first-order valence-electron chi connectivity index (χ1n) is 6.06. The normalized spacial score (nSPS) is 20.7. The Hall–Kier alpha value is -0.775. The van der Waals surface area contributed by atoms with Gasteiger partial charge < -0.3 is 14.0 Å². The van der Waals surface area contributed by atoms with Gasteiger partial charge in [-0.25, -0.2) is 4.39 Å². The molecule has 1 fully saturated rings. The zero-order valence-corrected chi connectivity index (χ0v) is 12.5. The van der Waals surface area contributed by atoms with Crippen LogP contribution in [0.2, 0.25) is 5.02 Å². The molecule has 1 aromatic rings. The fourth-order valence-electron chi connectivity index (χ4n) is 1.87. The Morgan fingerprint density at radius 3 is 2.16 bits per heavy atom. The first-order chi connectivity index (χ1) is 8.68. The lowest BCUT2D eigenvalue weighted by molar-refractivity contribution is 0.00578. The van der Waals surface area contributed by atoms with Crippen LogP contribution in [-0.4, -0.2) is 25.4 Å². The first-order valence-corrected chi connectivity index (χ1v) is 6.44. The molecule has 1 saturated heterocycles. The highest BCUT2D eigenvalue weighted by Gasteiger charge is 2.52. The second-order valence-electron chi connectivity index (χ2n) is 5.60. The summed E-state index contributed by atoms with van der Waals surface area (Å²) in [5.74, 6) is -0.0721. The van der Waals surface area contributed by atoms with Crippen LogP contribution in [0.1, 0.15) is 27.7 Å². The summed E-state index contributed by atoms with van der Waals surface area (Å²) < 4.78 is 30.6. The van der Waals surface area contributed by atoms with Gasteiger partial charge in [-0.2, -0.15) is 0 Å². The molecule has 0 atom stereocenters. The minimum absolute atomic E-state index is 0.0112. The molecular formula is C13H17BClFO3. The number of benzene rings is 1. The zero-order valence-electron chi connectivity index (χ0n) is 11.7. The molecule has 2 rings (SSSR count). The van der Waals surface area contributed by atoms with Crippen molar-refractivity contribution in [2.45, 2.75) is 38.9 Å². The molecule has 104 valence electrons. The van der Waals surface area contributed by atoms with Crippen LogP contribution in [0.4, 0.5) is 4.39 Å². The summed E-state index contributed by atoms with van der Waals surface area (Å²) in [6.07, 6.45) is 0. The quantitative estimate of drug-likeness (QED) is 0.783. The van der Waals surface area contributed by atoms with Crippen LogP contribution in [0.3, 0.4) is 0 Å². The number of hydrogen-bond donors (Lipinski definition) is 0. The predicted octanol–water partition coefficient (Wildman–Crippen LogP) is 2.79.